The third-order valence-corrected chi connectivity index (χ3v) is 8.80. The van der Waals surface area contributed by atoms with Crippen molar-refractivity contribution in [1.82, 2.24) is 10.2 Å². The molecule has 4 aromatic carbocycles. The van der Waals surface area contributed by atoms with Crippen LogP contribution in [0, 0.1) is 11.6 Å². The van der Waals surface area contributed by atoms with Gasteiger partial charge in [0, 0.05) is 25.1 Å². The summed E-state index contributed by atoms with van der Waals surface area (Å²) >= 11 is 6.01. The van der Waals surface area contributed by atoms with Gasteiger partial charge < -0.3 is 10.2 Å². The number of halogens is 3. The number of amides is 2. The van der Waals surface area contributed by atoms with E-state index < -0.39 is 46.1 Å². The van der Waals surface area contributed by atoms with E-state index in [1.165, 1.54) is 53.4 Å². The van der Waals surface area contributed by atoms with Gasteiger partial charge in [-0.2, -0.15) is 0 Å². The molecule has 0 unspecified atom stereocenters. The highest BCUT2D eigenvalue weighted by Gasteiger charge is 2.35. The van der Waals surface area contributed by atoms with Gasteiger partial charge in [0.15, 0.2) is 0 Å². The molecule has 0 aromatic heterocycles. The number of sulfonamides is 1. The van der Waals surface area contributed by atoms with E-state index in [1.54, 1.807) is 43.3 Å². The van der Waals surface area contributed by atoms with Crippen LogP contribution in [0.1, 0.15) is 18.1 Å². The van der Waals surface area contributed by atoms with Gasteiger partial charge in [0.25, 0.3) is 10.0 Å². The van der Waals surface area contributed by atoms with E-state index >= 15 is 0 Å². The van der Waals surface area contributed by atoms with Crippen LogP contribution in [0.25, 0.3) is 0 Å². The molecule has 11 heteroatoms. The van der Waals surface area contributed by atoms with Crippen molar-refractivity contribution in [3.05, 3.63) is 131 Å². The van der Waals surface area contributed by atoms with Crippen molar-refractivity contribution < 1.29 is 26.8 Å². The van der Waals surface area contributed by atoms with Crippen LogP contribution in [-0.2, 0) is 32.6 Å². The normalized spacial score (nSPS) is 11.9. The van der Waals surface area contributed by atoms with Crippen LogP contribution in [-0.4, -0.2) is 44.3 Å². The minimum atomic E-state index is -4.38. The summed E-state index contributed by atoms with van der Waals surface area (Å²) in [5, 5.41) is 2.40. The third-order valence-electron chi connectivity index (χ3n) is 6.72. The van der Waals surface area contributed by atoms with Gasteiger partial charge in [-0.3, -0.25) is 13.9 Å². The second-order valence-corrected chi connectivity index (χ2v) is 11.9. The average Bonchev–Trinajstić information content (AvgIpc) is 3.01. The molecule has 4 rings (SSSR count). The van der Waals surface area contributed by atoms with Gasteiger partial charge in [-0.25, -0.2) is 17.2 Å². The third kappa shape index (κ3) is 7.77. The number of hydrogen-bond acceptors (Lipinski definition) is 4. The summed E-state index contributed by atoms with van der Waals surface area (Å²) < 4.78 is 57.5. The number of carbonyl (C=O) groups is 2. The molecule has 0 fully saturated rings. The zero-order chi connectivity index (χ0) is 31.0. The first kappa shape index (κ1) is 31.7. The highest BCUT2D eigenvalue weighted by molar-refractivity contribution is 7.92. The fraction of sp³-hybridized carbons (Fsp3) is 0.188. The monoisotopic (exact) mass is 625 g/mol. The molecule has 0 saturated carbocycles. The van der Waals surface area contributed by atoms with Crippen molar-refractivity contribution in [3.63, 3.8) is 0 Å². The summed E-state index contributed by atoms with van der Waals surface area (Å²) in [6, 6.07) is 24.4. The van der Waals surface area contributed by atoms with E-state index in [9.17, 15) is 26.8 Å². The molecular weight excluding hydrogens is 596 g/mol. The Bertz CT molecular complexity index is 1670. The van der Waals surface area contributed by atoms with Crippen molar-refractivity contribution in [2.75, 3.05) is 17.4 Å². The quantitative estimate of drug-likeness (QED) is 0.222. The first-order chi connectivity index (χ1) is 20.6. The van der Waals surface area contributed by atoms with Crippen molar-refractivity contribution in [2.45, 2.75) is 30.8 Å². The highest BCUT2D eigenvalue weighted by atomic mass is 35.5. The second kappa shape index (κ2) is 14.3. The number of nitrogens with one attached hydrogen (secondary N) is 1. The molecule has 1 N–H and O–H groups in total. The van der Waals surface area contributed by atoms with E-state index in [0.717, 1.165) is 22.0 Å². The maximum absolute atomic E-state index is 14.9. The van der Waals surface area contributed by atoms with Gasteiger partial charge in [0.2, 0.25) is 11.8 Å². The molecule has 0 aliphatic rings. The molecule has 0 aliphatic carbocycles. The summed E-state index contributed by atoms with van der Waals surface area (Å²) in [6.07, 6.45) is 0.0840. The number of carbonyl (C=O) groups excluding carboxylic acids is 2. The maximum Gasteiger partial charge on any atom is 0.264 e. The van der Waals surface area contributed by atoms with E-state index in [1.807, 2.05) is 6.07 Å². The minimum absolute atomic E-state index is 0.0629. The van der Waals surface area contributed by atoms with Crippen molar-refractivity contribution >= 4 is 39.1 Å². The number of rotatable bonds is 12. The van der Waals surface area contributed by atoms with Gasteiger partial charge >= 0.3 is 0 Å². The second-order valence-electron chi connectivity index (χ2n) is 9.64. The fourth-order valence-corrected chi connectivity index (χ4v) is 6.15. The summed E-state index contributed by atoms with van der Waals surface area (Å²) in [6.45, 7) is 0.906. The molecule has 7 nitrogen and oxygen atoms in total. The number of hydrogen-bond donors (Lipinski definition) is 1. The average molecular weight is 626 g/mol. The number of anilines is 1. The van der Waals surface area contributed by atoms with Crippen LogP contribution in [0.15, 0.2) is 108 Å². The van der Waals surface area contributed by atoms with Crippen molar-refractivity contribution in [2.24, 2.45) is 0 Å². The lowest BCUT2D eigenvalue weighted by molar-refractivity contribution is -0.140. The maximum atomic E-state index is 14.9. The Kier molecular flexibility index (Phi) is 10.5. The summed E-state index contributed by atoms with van der Waals surface area (Å²) in [5.74, 6) is -2.63. The zero-order valence-corrected chi connectivity index (χ0v) is 24.9. The first-order valence-corrected chi connectivity index (χ1v) is 15.3. The summed E-state index contributed by atoms with van der Waals surface area (Å²) in [5.41, 5.74) is 0.816. The van der Waals surface area contributed by atoms with Gasteiger partial charge in [-0.1, -0.05) is 78.3 Å². The topological polar surface area (TPSA) is 86.8 Å². The Hall–Kier alpha value is -4.28. The minimum Gasteiger partial charge on any atom is -0.355 e. The largest absolute Gasteiger partial charge is 0.355 e. The lowest BCUT2D eigenvalue weighted by atomic mass is 10.0. The van der Waals surface area contributed by atoms with E-state index in [4.69, 9.17) is 11.6 Å². The first-order valence-electron chi connectivity index (χ1n) is 13.5. The smallest absolute Gasteiger partial charge is 0.264 e. The molecule has 43 heavy (non-hydrogen) atoms. The van der Waals surface area contributed by atoms with Gasteiger partial charge in [-0.15, -0.1) is 0 Å². The molecule has 4 aromatic rings. The number of likely N-dealkylation sites (N-methyl/N-ethyl adjacent to an activating group) is 1. The number of nitrogens with zero attached hydrogens (tertiary/aromatic N) is 2. The Morgan fingerprint density at radius 1 is 0.860 bits per heavy atom. The van der Waals surface area contributed by atoms with Gasteiger partial charge in [0.05, 0.1) is 15.6 Å². The van der Waals surface area contributed by atoms with E-state index in [-0.39, 0.29) is 40.7 Å². The van der Waals surface area contributed by atoms with Crippen LogP contribution < -0.4 is 9.62 Å². The predicted octanol–water partition coefficient (Wildman–Crippen LogP) is 5.59. The van der Waals surface area contributed by atoms with Gasteiger partial charge in [-0.05, 0) is 48.9 Å². The Morgan fingerprint density at radius 2 is 1.49 bits per heavy atom. The standard InChI is InChI=1S/C32H30ClF2N3O4S/c1-2-36-32(40)30(19-23-11-5-3-6-12-23)37(21-24-13-9-10-16-28(24)34)31(39)22-38(25-17-18-29(35)27(33)20-25)43(41,42)26-14-7-4-8-15-26/h3-18,20,30H,2,19,21-22H2,1H3,(H,36,40)/t30-/m0/s1. The van der Waals surface area contributed by atoms with E-state index in [2.05, 4.69) is 5.32 Å². The van der Waals surface area contributed by atoms with Crippen LogP contribution in [0.2, 0.25) is 5.02 Å². The molecule has 1 atom stereocenters. The molecular formula is C32H30ClF2N3O4S. The zero-order valence-electron chi connectivity index (χ0n) is 23.3. The molecule has 0 saturated heterocycles. The van der Waals surface area contributed by atoms with Crippen LogP contribution in [0.5, 0.6) is 0 Å². The van der Waals surface area contributed by atoms with Crippen LogP contribution in [0.3, 0.4) is 0 Å². The molecule has 0 heterocycles. The molecule has 0 bridgehead atoms. The van der Waals surface area contributed by atoms with E-state index in [0.29, 0.717) is 0 Å². The molecule has 224 valence electrons. The Labute approximate surface area is 254 Å². The van der Waals surface area contributed by atoms with Crippen LogP contribution in [0.4, 0.5) is 14.5 Å². The lowest BCUT2D eigenvalue weighted by Gasteiger charge is -2.34. The highest BCUT2D eigenvalue weighted by Crippen LogP contribution is 2.28. The molecule has 2 amide bonds. The Balaban J connectivity index is 1.81. The fourth-order valence-electron chi connectivity index (χ4n) is 4.54. The predicted molar refractivity (Wildman–Crippen MR) is 162 cm³/mol. The summed E-state index contributed by atoms with van der Waals surface area (Å²) in [4.78, 5) is 28.7. The lowest BCUT2D eigenvalue weighted by Crippen LogP contribution is -2.53. The molecule has 0 radical (unpaired) electrons. The molecule has 0 aliphatic heterocycles. The van der Waals surface area contributed by atoms with Crippen molar-refractivity contribution in [3.8, 4) is 0 Å². The van der Waals surface area contributed by atoms with Crippen LogP contribution >= 0.6 is 11.6 Å². The summed E-state index contributed by atoms with van der Waals surface area (Å²) in [7, 11) is -4.38. The van der Waals surface area contributed by atoms with Gasteiger partial charge in [0.1, 0.15) is 24.2 Å². The SMILES string of the molecule is CCNC(=O)[C@H](Cc1ccccc1)N(Cc1ccccc1F)C(=O)CN(c1ccc(F)c(Cl)c1)S(=O)(=O)c1ccccc1. The molecule has 0 spiro atoms. The van der Waals surface area contributed by atoms with Crippen molar-refractivity contribution in [1.29, 1.82) is 0 Å². The Morgan fingerprint density at radius 3 is 2.12 bits per heavy atom. The number of benzene rings is 4.